The van der Waals surface area contributed by atoms with Crippen molar-refractivity contribution in [2.24, 2.45) is 0 Å². The molecule has 5 aromatic rings. The monoisotopic (exact) mass is 602 g/mol. The number of hydrogen-bond donors (Lipinski definition) is 1. The van der Waals surface area contributed by atoms with Gasteiger partial charge < -0.3 is 19.5 Å². The van der Waals surface area contributed by atoms with Gasteiger partial charge in [0.15, 0.2) is 5.01 Å². The van der Waals surface area contributed by atoms with E-state index in [4.69, 9.17) is 4.42 Å². The highest BCUT2D eigenvalue weighted by molar-refractivity contribution is 7.20. The Labute approximate surface area is 249 Å². The number of likely N-dealkylation sites (tertiary alicyclic amines) is 1. The van der Waals surface area contributed by atoms with Crippen molar-refractivity contribution in [3.05, 3.63) is 82.4 Å². The molecule has 1 N–H and O–H groups in total. The normalized spacial score (nSPS) is 15.2. The first-order chi connectivity index (χ1) is 20.6. The van der Waals surface area contributed by atoms with Crippen LogP contribution in [0, 0.1) is 11.6 Å². The van der Waals surface area contributed by atoms with Gasteiger partial charge >= 0.3 is 0 Å². The van der Waals surface area contributed by atoms with E-state index < -0.39 is 5.82 Å². The Hall–Kier alpha value is -4.64. The van der Waals surface area contributed by atoms with Crippen molar-refractivity contribution in [3.8, 4) is 11.3 Å². The van der Waals surface area contributed by atoms with Gasteiger partial charge in [0, 0.05) is 57.0 Å². The number of carbonyl (C=O) groups excluding carboxylic acids is 3. The quantitative estimate of drug-likeness (QED) is 0.253. The third-order valence-corrected chi connectivity index (χ3v) is 8.92. The summed E-state index contributed by atoms with van der Waals surface area (Å²) in [5.74, 6) is -1.47. The second-order valence-electron chi connectivity index (χ2n) is 10.6. The van der Waals surface area contributed by atoms with Gasteiger partial charge in [-0.05, 0) is 66.9 Å². The molecule has 2 aromatic heterocycles. The maximum Gasteiger partial charge on any atom is 0.282 e. The number of amides is 3. The minimum absolute atomic E-state index is 0.160. The molecule has 0 saturated carbocycles. The van der Waals surface area contributed by atoms with Gasteiger partial charge in [-0.1, -0.05) is 0 Å². The van der Waals surface area contributed by atoms with Crippen LogP contribution in [-0.2, 0) is 4.79 Å². The van der Waals surface area contributed by atoms with Gasteiger partial charge in [0.2, 0.25) is 5.91 Å². The predicted octanol–water partition coefficient (Wildman–Crippen LogP) is 6.35. The van der Waals surface area contributed by atoms with Gasteiger partial charge in [-0.25, -0.2) is 13.8 Å². The summed E-state index contributed by atoms with van der Waals surface area (Å²) >= 11 is 1.16. The summed E-state index contributed by atoms with van der Waals surface area (Å²) in [5, 5.41) is 3.51. The van der Waals surface area contributed by atoms with E-state index in [1.165, 1.54) is 43.1 Å². The molecule has 3 aromatic carbocycles. The highest BCUT2D eigenvalue weighted by Gasteiger charge is 2.31. The lowest BCUT2D eigenvalue weighted by atomic mass is 9.87. The molecule has 11 heteroatoms. The maximum atomic E-state index is 13.7. The Morgan fingerprint density at radius 3 is 2.53 bits per heavy atom. The molecule has 8 nitrogen and oxygen atoms in total. The number of aromatic nitrogens is 1. The molecule has 3 amide bonds. The molecular formula is C32H28F2N4O4S. The van der Waals surface area contributed by atoms with Crippen molar-refractivity contribution in [3.63, 3.8) is 0 Å². The highest BCUT2D eigenvalue weighted by atomic mass is 32.1. The van der Waals surface area contributed by atoms with E-state index in [2.05, 4.69) is 10.3 Å². The lowest BCUT2D eigenvalue weighted by Crippen LogP contribution is -2.39. The van der Waals surface area contributed by atoms with Gasteiger partial charge in [0.25, 0.3) is 11.8 Å². The number of furan rings is 1. The van der Waals surface area contributed by atoms with E-state index in [1.54, 1.807) is 36.2 Å². The number of nitrogens with one attached hydrogen (secondary N) is 1. The fourth-order valence-corrected chi connectivity index (χ4v) is 6.59. The smallest absolute Gasteiger partial charge is 0.282 e. The van der Waals surface area contributed by atoms with Gasteiger partial charge in [-0.15, -0.1) is 11.3 Å². The number of fused-ring (bicyclic) bond motifs is 2. The summed E-state index contributed by atoms with van der Waals surface area (Å²) in [5.41, 5.74) is 3.20. The predicted molar refractivity (Wildman–Crippen MR) is 162 cm³/mol. The standard InChI is InChI=1S/C32H28F2N4O4S/c1-17(39)37(3)25-15-26-23(28(30(40)35-2)29(42-26)18-6-8-20(33)9-7-18)14-22(25)19-5-4-12-38(16-19)32(41)31-36-24-11-10-21(34)13-27(24)43-31/h6-11,13-15,19H,4-5,12,16H2,1-3H3,(H,35,40)/t19-/m0/s1. The van der Waals surface area contributed by atoms with Crippen LogP contribution in [0.2, 0.25) is 0 Å². The van der Waals surface area contributed by atoms with Crippen molar-refractivity contribution < 1.29 is 27.6 Å². The molecule has 1 aliphatic heterocycles. The van der Waals surface area contributed by atoms with E-state index in [0.29, 0.717) is 62.5 Å². The zero-order valence-electron chi connectivity index (χ0n) is 23.7. The number of hydrogen-bond acceptors (Lipinski definition) is 6. The first kappa shape index (κ1) is 28.5. The van der Waals surface area contributed by atoms with Crippen LogP contribution in [-0.4, -0.2) is 54.8 Å². The molecule has 0 aliphatic carbocycles. The first-order valence-electron chi connectivity index (χ1n) is 13.8. The van der Waals surface area contributed by atoms with Crippen LogP contribution in [0.5, 0.6) is 0 Å². The highest BCUT2D eigenvalue weighted by Crippen LogP contribution is 2.41. The summed E-state index contributed by atoms with van der Waals surface area (Å²) in [6.45, 7) is 2.36. The third-order valence-electron chi connectivity index (χ3n) is 7.91. The molecule has 43 heavy (non-hydrogen) atoms. The zero-order valence-corrected chi connectivity index (χ0v) is 24.6. The average Bonchev–Trinajstić information content (AvgIpc) is 3.60. The summed E-state index contributed by atoms with van der Waals surface area (Å²) in [6.07, 6.45) is 1.46. The van der Waals surface area contributed by atoms with E-state index in [0.717, 1.165) is 23.3 Å². The molecule has 1 saturated heterocycles. The number of nitrogens with zero attached hydrogens (tertiary/aromatic N) is 3. The van der Waals surface area contributed by atoms with Gasteiger partial charge in [0.1, 0.15) is 23.0 Å². The van der Waals surface area contributed by atoms with Crippen molar-refractivity contribution in [1.82, 2.24) is 15.2 Å². The molecule has 6 rings (SSSR count). The SMILES string of the molecule is CNC(=O)c1c(-c2ccc(F)cc2)oc2cc(N(C)C(C)=O)c([C@H]3CCCN(C(=O)c4nc5ccc(F)cc5s4)C3)cc12. The Morgan fingerprint density at radius 2 is 1.81 bits per heavy atom. The van der Waals surface area contributed by atoms with E-state index in [1.807, 2.05) is 6.07 Å². The number of halogens is 2. The second kappa shape index (κ2) is 11.2. The fraction of sp³-hybridized carbons (Fsp3) is 0.250. The topological polar surface area (TPSA) is 95.8 Å². The van der Waals surface area contributed by atoms with Crippen molar-refractivity contribution in [1.29, 1.82) is 0 Å². The van der Waals surface area contributed by atoms with Crippen LogP contribution in [0.25, 0.3) is 32.5 Å². The molecule has 0 unspecified atom stereocenters. The molecule has 220 valence electrons. The minimum atomic E-state index is -0.413. The first-order valence-corrected chi connectivity index (χ1v) is 14.6. The molecule has 1 aliphatic rings. The molecule has 3 heterocycles. The Morgan fingerprint density at radius 1 is 1.07 bits per heavy atom. The summed E-state index contributed by atoms with van der Waals surface area (Å²) in [7, 11) is 3.19. The van der Waals surface area contributed by atoms with Gasteiger partial charge in [-0.2, -0.15) is 0 Å². The summed E-state index contributed by atoms with van der Waals surface area (Å²) < 4.78 is 34.2. The number of piperidine rings is 1. The van der Waals surface area contributed by atoms with Crippen molar-refractivity contribution in [2.75, 3.05) is 32.1 Å². The zero-order chi connectivity index (χ0) is 30.4. The van der Waals surface area contributed by atoms with Crippen molar-refractivity contribution in [2.45, 2.75) is 25.7 Å². The maximum absolute atomic E-state index is 13.7. The van der Waals surface area contributed by atoms with Crippen LogP contribution in [0.4, 0.5) is 14.5 Å². The molecule has 0 radical (unpaired) electrons. The Balaban J connectivity index is 1.43. The largest absolute Gasteiger partial charge is 0.455 e. The van der Waals surface area contributed by atoms with Gasteiger partial charge in [0.05, 0.1) is 21.5 Å². The molecule has 1 atom stereocenters. The fourth-order valence-electron chi connectivity index (χ4n) is 5.63. The van der Waals surface area contributed by atoms with Crippen molar-refractivity contribution >= 4 is 55.9 Å². The number of anilines is 1. The van der Waals surface area contributed by atoms with E-state index >= 15 is 0 Å². The number of carbonyl (C=O) groups is 3. The molecule has 0 bridgehead atoms. The number of benzene rings is 3. The van der Waals surface area contributed by atoms with Crippen LogP contribution in [0.15, 0.2) is 59.0 Å². The Kier molecular flexibility index (Phi) is 7.43. The summed E-state index contributed by atoms with van der Waals surface area (Å²) in [4.78, 5) is 47.0. The number of thiazole rings is 1. The van der Waals surface area contributed by atoms with Crippen LogP contribution in [0.1, 0.15) is 51.4 Å². The number of rotatable bonds is 5. The van der Waals surface area contributed by atoms with E-state index in [9.17, 15) is 23.2 Å². The van der Waals surface area contributed by atoms with Gasteiger partial charge in [-0.3, -0.25) is 14.4 Å². The van der Waals surface area contributed by atoms with Crippen LogP contribution in [0.3, 0.4) is 0 Å². The van der Waals surface area contributed by atoms with Crippen LogP contribution >= 0.6 is 11.3 Å². The lowest BCUT2D eigenvalue weighted by Gasteiger charge is -2.34. The second-order valence-corrected chi connectivity index (χ2v) is 11.6. The van der Waals surface area contributed by atoms with E-state index in [-0.39, 0.29) is 35.2 Å². The van der Waals surface area contributed by atoms with Crippen LogP contribution < -0.4 is 10.2 Å². The summed E-state index contributed by atoms with van der Waals surface area (Å²) in [6, 6.07) is 13.5. The Bertz CT molecular complexity index is 1900. The lowest BCUT2D eigenvalue weighted by molar-refractivity contribution is -0.116. The molecular weight excluding hydrogens is 574 g/mol. The molecule has 1 fully saturated rings. The minimum Gasteiger partial charge on any atom is -0.455 e. The molecule has 0 spiro atoms. The average molecular weight is 603 g/mol. The third kappa shape index (κ3) is 5.25.